The van der Waals surface area contributed by atoms with Gasteiger partial charge in [-0.05, 0) is 25.1 Å². The number of benzene rings is 1. The summed E-state index contributed by atoms with van der Waals surface area (Å²) >= 11 is 3.10. The lowest BCUT2D eigenvalue weighted by molar-refractivity contribution is -0.149. The third-order valence-electron chi connectivity index (χ3n) is 2.58. The number of ether oxygens (including phenoxy) is 1. The molecule has 0 heterocycles. The van der Waals surface area contributed by atoms with Crippen molar-refractivity contribution in [2.75, 3.05) is 13.7 Å². The number of carboxylic acid groups (broad SMARTS) is 1. The first kappa shape index (κ1) is 15.4. The minimum Gasteiger partial charge on any atom is -0.481 e. The van der Waals surface area contributed by atoms with Crippen LogP contribution in [0.3, 0.4) is 0 Å². The number of rotatable bonds is 5. The molecule has 0 aromatic heterocycles. The summed E-state index contributed by atoms with van der Waals surface area (Å²) in [7, 11) is 1.35. The van der Waals surface area contributed by atoms with Crippen LogP contribution >= 0.6 is 15.9 Å². The molecule has 1 aromatic rings. The summed E-state index contributed by atoms with van der Waals surface area (Å²) in [5.74, 6) is -2.33. The molecule has 0 saturated heterocycles. The van der Waals surface area contributed by atoms with Gasteiger partial charge in [0.25, 0.3) is 5.91 Å². The molecule has 1 aromatic carbocycles. The van der Waals surface area contributed by atoms with E-state index >= 15 is 0 Å². The summed E-state index contributed by atoms with van der Waals surface area (Å²) in [4.78, 5) is 23.4. The lowest BCUT2D eigenvalue weighted by atomic mass is 10.3. The molecule has 0 spiro atoms. The maximum atomic E-state index is 13.4. The van der Waals surface area contributed by atoms with Gasteiger partial charge in [0.05, 0.1) is 0 Å². The monoisotopic (exact) mass is 333 g/mol. The van der Waals surface area contributed by atoms with Gasteiger partial charge < -0.3 is 14.7 Å². The number of carbonyl (C=O) groups is 2. The topological polar surface area (TPSA) is 66.8 Å². The SMILES string of the molecule is CC(C(=O)O)N(C)C(=O)COc1ccc(Br)cc1F. The minimum atomic E-state index is -1.12. The third kappa shape index (κ3) is 4.20. The molecule has 5 nitrogen and oxygen atoms in total. The Balaban J connectivity index is 2.61. The number of halogens is 2. The molecular formula is C12H13BrFNO4. The van der Waals surface area contributed by atoms with Crippen LogP contribution in [0.25, 0.3) is 0 Å². The second kappa shape index (κ2) is 6.51. The molecule has 1 atom stereocenters. The van der Waals surface area contributed by atoms with Gasteiger partial charge in [-0.25, -0.2) is 9.18 Å². The fraction of sp³-hybridized carbons (Fsp3) is 0.333. The maximum absolute atomic E-state index is 13.4. The Morgan fingerprint density at radius 1 is 1.53 bits per heavy atom. The molecule has 19 heavy (non-hydrogen) atoms. The minimum absolute atomic E-state index is 0.0621. The van der Waals surface area contributed by atoms with E-state index in [1.54, 1.807) is 6.07 Å². The van der Waals surface area contributed by atoms with Crippen molar-refractivity contribution in [2.24, 2.45) is 0 Å². The van der Waals surface area contributed by atoms with Crippen LogP contribution in [0.4, 0.5) is 4.39 Å². The number of carbonyl (C=O) groups excluding carboxylic acids is 1. The molecule has 0 aliphatic rings. The molecule has 1 rings (SSSR count). The molecule has 104 valence electrons. The van der Waals surface area contributed by atoms with Gasteiger partial charge in [0.1, 0.15) is 6.04 Å². The second-order valence-corrected chi connectivity index (χ2v) is 4.80. The molecule has 0 bridgehead atoms. The van der Waals surface area contributed by atoms with Crippen molar-refractivity contribution in [3.63, 3.8) is 0 Å². The van der Waals surface area contributed by atoms with Crippen LogP contribution in [0, 0.1) is 5.82 Å². The summed E-state index contributed by atoms with van der Waals surface area (Å²) in [5, 5.41) is 8.76. The van der Waals surface area contributed by atoms with Crippen LogP contribution in [0.2, 0.25) is 0 Å². The number of aliphatic carboxylic acids is 1. The zero-order valence-corrected chi connectivity index (χ0v) is 12.0. The highest BCUT2D eigenvalue weighted by atomic mass is 79.9. The van der Waals surface area contributed by atoms with Gasteiger partial charge in [-0.3, -0.25) is 4.79 Å². The van der Waals surface area contributed by atoms with E-state index < -0.39 is 30.3 Å². The van der Waals surface area contributed by atoms with E-state index in [1.807, 2.05) is 0 Å². The van der Waals surface area contributed by atoms with E-state index in [1.165, 1.54) is 26.1 Å². The highest BCUT2D eigenvalue weighted by Gasteiger charge is 2.22. The van der Waals surface area contributed by atoms with Gasteiger partial charge >= 0.3 is 5.97 Å². The quantitative estimate of drug-likeness (QED) is 0.893. The van der Waals surface area contributed by atoms with Gasteiger partial charge in [0, 0.05) is 11.5 Å². The summed E-state index contributed by atoms with van der Waals surface area (Å²) < 4.78 is 19.0. The van der Waals surface area contributed by atoms with E-state index in [-0.39, 0.29) is 5.75 Å². The van der Waals surface area contributed by atoms with Gasteiger partial charge in [-0.15, -0.1) is 0 Å². The average molecular weight is 334 g/mol. The van der Waals surface area contributed by atoms with Crippen LogP contribution in [0.1, 0.15) is 6.92 Å². The molecule has 7 heteroatoms. The molecule has 1 N–H and O–H groups in total. The Bertz CT molecular complexity index is 495. The predicted molar refractivity (Wildman–Crippen MR) is 69.5 cm³/mol. The van der Waals surface area contributed by atoms with Crippen LogP contribution < -0.4 is 4.74 Å². The van der Waals surface area contributed by atoms with Crippen molar-refractivity contribution in [3.05, 3.63) is 28.5 Å². The maximum Gasteiger partial charge on any atom is 0.326 e. The molecular weight excluding hydrogens is 321 g/mol. The Labute approximate surface area is 118 Å². The van der Waals surface area contributed by atoms with E-state index in [4.69, 9.17) is 9.84 Å². The van der Waals surface area contributed by atoms with Gasteiger partial charge in [0.2, 0.25) is 0 Å². The normalized spacial score (nSPS) is 11.8. The number of amides is 1. The average Bonchev–Trinajstić information content (AvgIpc) is 2.35. The van der Waals surface area contributed by atoms with Crippen LogP contribution in [0.5, 0.6) is 5.75 Å². The fourth-order valence-corrected chi connectivity index (χ4v) is 1.55. The fourth-order valence-electron chi connectivity index (χ4n) is 1.22. The molecule has 0 aliphatic heterocycles. The van der Waals surface area contributed by atoms with Gasteiger partial charge in [-0.2, -0.15) is 0 Å². The van der Waals surface area contributed by atoms with Crippen molar-refractivity contribution in [2.45, 2.75) is 13.0 Å². The highest BCUT2D eigenvalue weighted by Crippen LogP contribution is 2.21. The molecule has 0 fully saturated rings. The van der Waals surface area contributed by atoms with E-state index in [9.17, 15) is 14.0 Å². The summed E-state index contributed by atoms with van der Waals surface area (Å²) in [6.07, 6.45) is 0. The zero-order valence-electron chi connectivity index (χ0n) is 10.4. The molecule has 0 aliphatic carbocycles. The number of hydrogen-bond acceptors (Lipinski definition) is 3. The lowest BCUT2D eigenvalue weighted by Gasteiger charge is -2.21. The van der Waals surface area contributed by atoms with Crippen LogP contribution in [-0.2, 0) is 9.59 Å². The summed E-state index contributed by atoms with van der Waals surface area (Å²) in [6, 6.07) is 3.20. The van der Waals surface area contributed by atoms with Crippen molar-refractivity contribution in [1.29, 1.82) is 0 Å². The molecule has 1 amide bonds. The Morgan fingerprint density at radius 2 is 2.16 bits per heavy atom. The first-order chi connectivity index (χ1) is 8.82. The van der Waals surface area contributed by atoms with E-state index in [2.05, 4.69) is 15.9 Å². The standard InChI is InChI=1S/C12H13BrFNO4/c1-7(12(17)18)15(2)11(16)6-19-10-4-3-8(13)5-9(10)14/h3-5,7H,6H2,1-2H3,(H,17,18). The van der Waals surface area contributed by atoms with Gasteiger partial charge in [0.15, 0.2) is 18.2 Å². The van der Waals surface area contributed by atoms with Crippen molar-refractivity contribution in [1.82, 2.24) is 4.90 Å². The van der Waals surface area contributed by atoms with E-state index in [0.29, 0.717) is 4.47 Å². The number of carboxylic acids is 1. The highest BCUT2D eigenvalue weighted by molar-refractivity contribution is 9.10. The smallest absolute Gasteiger partial charge is 0.326 e. The third-order valence-corrected chi connectivity index (χ3v) is 3.07. The second-order valence-electron chi connectivity index (χ2n) is 3.88. The molecule has 0 saturated carbocycles. The van der Waals surface area contributed by atoms with Gasteiger partial charge in [-0.1, -0.05) is 15.9 Å². The first-order valence-electron chi connectivity index (χ1n) is 5.39. The molecule has 0 radical (unpaired) electrons. The van der Waals surface area contributed by atoms with Crippen LogP contribution in [-0.4, -0.2) is 41.6 Å². The zero-order chi connectivity index (χ0) is 14.6. The van der Waals surface area contributed by atoms with Crippen molar-refractivity contribution < 1.29 is 23.8 Å². The predicted octanol–water partition coefficient (Wildman–Crippen LogP) is 1.90. The van der Waals surface area contributed by atoms with Crippen LogP contribution in [0.15, 0.2) is 22.7 Å². The summed E-state index contributed by atoms with van der Waals surface area (Å²) in [5.41, 5.74) is 0. The Hall–Kier alpha value is -1.63. The first-order valence-corrected chi connectivity index (χ1v) is 6.18. The number of nitrogens with zero attached hydrogens (tertiary/aromatic N) is 1. The molecule has 1 unspecified atom stereocenters. The number of hydrogen-bond donors (Lipinski definition) is 1. The number of likely N-dealkylation sites (N-methyl/N-ethyl adjacent to an activating group) is 1. The Morgan fingerprint density at radius 3 is 2.68 bits per heavy atom. The van der Waals surface area contributed by atoms with E-state index in [0.717, 1.165) is 4.90 Å². The van der Waals surface area contributed by atoms with Crippen molar-refractivity contribution >= 4 is 27.8 Å². The largest absolute Gasteiger partial charge is 0.481 e. The summed E-state index contributed by atoms with van der Waals surface area (Å²) in [6.45, 7) is 0.952. The van der Waals surface area contributed by atoms with Crippen molar-refractivity contribution in [3.8, 4) is 5.75 Å². The Kier molecular flexibility index (Phi) is 5.29. The lowest BCUT2D eigenvalue weighted by Crippen LogP contribution is -2.42.